The van der Waals surface area contributed by atoms with Crippen LogP contribution in [0.3, 0.4) is 0 Å². The lowest BCUT2D eigenvalue weighted by Crippen LogP contribution is -2.09. The summed E-state index contributed by atoms with van der Waals surface area (Å²) in [5.74, 6) is -0.525. The zero-order valence-corrected chi connectivity index (χ0v) is 14.1. The van der Waals surface area contributed by atoms with Crippen molar-refractivity contribution in [2.75, 3.05) is 13.7 Å². The highest BCUT2D eigenvalue weighted by molar-refractivity contribution is 7.18. The normalized spacial score (nSPS) is 10.6. The number of carbonyl (C=O) groups is 1. The van der Waals surface area contributed by atoms with E-state index in [9.17, 15) is 14.9 Å². The number of benzene rings is 2. The van der Waals surface area contributed by atoms with Crippen molar-refractivity contribution in [2.24, 2.45) is 0 Å². The van der Waals surface area contributed by atoms with Crippen LogP contribution in [0.25, 0.3) is 10.2 Å². The van der Waals surface area contributed by atoms with Crippen LogP contribution in [0.15, 0.2) is 42.5 Å². The van der Waals surface area contributed by atoms with Crippen LogP contribution in [0.5, 0.6) is 5.75 Å². The third-order valence-corrected chi connectivity index (χ3v) is 4.59. The van der Waals surface area contributed by atoms with Crippen LogP contribution < -0.4 is 4.74 Å². The molecule has 0 bridgehead atoms. The minimum atomic E-state index is -0.619. The fourth-order valence-electron chi connectivity index (χ4n) is 2.30. The van der Waals surface area contributed by atoms with Gasteiger partial charge in [0.2, 0.25) is 0 Å². The standard InChI is InChI=1S/C17H14N2O5S/c1-23-14-7-6-11(10-13(14)19(21)22)17(20)24-9-8-16-18-12-4-2-3-5-15(12)25-16/h2-7,10H,8-9H2,1H3. The summed E-state index contributed by atoms with van der Waals surface area (Å²) in [6, 6.07) is 11.7. The largest absolute Gasteiger partial charge is 0.490 e. The van der Waals surface area contributed by atoms with E-state index >= 15 is 0 Å². The Balaban J connectivity index is 1.64. The van der Waals surface area contributed by atoms with Gasteiger partial charge in [-0.2, -0.15) is 0 Å². The fourth-order valence-corrected chi connectivity index (χ4v) is 3.25. The molecule has 3 aromatic rings. The van der Waals surface area contributed by atoms with Gasteiger partial charge in [-0.3, -0.25) is 10.1 Å². The Kier molecular flexibility index (Phi) is 4.90. The van der Waals surface area contributed by atoms with Gasteiger partial charge in [-0.1, -0.05) is 12.1 Å². The topological polar surface area (TPSA) is 91.6 Å². The summed E-state index contributed by atoms with van der Waals surface area (Å²) in [7, 11) is 1.33. The van der Waals surface area contributed by atoms with Gasteiger partial charge in [-0.05, 0) is 24.3 Å². The number of carbonyl (C=O) groups excluding carboxylic acids is 1. The maximum absolute atomic E-state index is 12.1. The van der Waals surface area contributed by atoms with E-state index in [0.717, 1.165) is 21.3 Å². The Morgan fingerprint density at radius 1 is 1.28 bits per heavy atom. The molecule has 128 valence electrons. The Morgan fingerprint density at radius 2 is 2.08 bits per heavy atom. The summed E-state index contributed by atoms with van der Waals surface area (Å²) >= 11 is 1.55. The van der Waals surface area contributed by atoms with Gasteiger partial charge in [-0.25, -0.2) is 9.78 Å². The molecule has 1 heterocycles. The number of nitro groups is 1. The predicted molar refractivity (Wildman–Crippen MR) is 93.3 cm³/mol. The number of aromatic nitrogens is 1. The Bertz CT molecular complexity index is 905. The summed E-state index contributed by atoms with van der Waals surface area (Å²) in [4.78, 5) is 26.9. The van der Waals surface area contributed by atoms with Crippen LogP contribution >= 0.6 is 11.3 Å². The zero-order valence-electron chi connectivity index (χ0n) is 13.3. The molecule has 0 atom stereocenters. The van der Waals surface area contributed by atoms with Gasteiger partial charge >= 0.3 is 11.7 Å². The SMILES string of the molecule is COc1ccc(C(=O)OCCc2nc3ccccc3s2)cc1[N+](=O)[O-]. The molecule has 0 amide bonds. The molecule has 3 rings (SSSR count). The molecule has 0 saturated heterocycles. The van der Waals surface area contributed by atoms with Gasteiger partial charge in [0.25, 0.3) is 0 Å². The molecule has 0 aliphatic rings. The number of para-hydroxylation sites is 1. The number of methoxy groups -OCH3 is 1. The molecular weight excluding hydrogens is 344 g/mol. The van der Waals surface area contributed by atoms with Crippen LogP contribution in [0.4, 0.5) is 5.69 Å². The average Bonchev–Trinajstić information content (AvgIpc) is 3.03. The van der Waals surface area contributed by atoms with E-state index in [1.165, 1.54) is 19.2 Å². The highest BCUT2D eigenvalue weighted by Crippen LogP contribution is 2.28. The lowest BCUT2D eigenvalue weighted by Gasteiger charge is -2.05. The Hall–Kier alpha value is -3.00. The highest BCUT2D eigenvalue weighted by Gasteiger charge is 2.19. The van der Waals surface area contributed by atoms with E-state index in [-0.39, 0.29) is 23.6 Å². The van der Waals surface area contributed by atoms with Crippen molar-refractivity contribution < 1.29 is 19.2 Å². The molecule has 0 N–H and O–H groups in total. The van der Waals surface area contributed by atoms with Crippen LogP contribution in [0, 0.1) is 10.1 Å². The third-order valence-electron chi connectivity index (χ3n) is 3.50. The van der Waals surface area contributed by atoms with E-state index in [1.54, 1.807) is 11.3 Å². The number of esters is 1. The van der Waals surface area contributed by atoms with Crippen molar-refractivity contribution in [1.29, 1.82) is 0 Å². The number of nitrogens with zero attached hydrogens (tertiary/aromatic N) is 2. The Labute approximate surface area is 147 Å². The molecule has 0 unspecified atom stereocenters. The van der Waals surface area contributed by atoms with Crippen molar-refractivity contribution in [2.45, 2.75) is 6.42 Å². The molecule has 2 aromatic carbocycles. The average molecular weight is 358 g/mol. The van der Waals surface area contributed by atoms with Crippen LogP contribution in [0.2, 0.25) is 0 Å². The number of nitro benzene ring substituents is 1. The quantitative estimate of drug-likeness (QED) is 0.380. The lowest BCUT2D eigenvalue weighted by molar-refractivity contribution is -0.385. The van der Waals surface area contributed by atoms with Gasteiger partial charge in [0.1, 0.15) is 0 Å². The molecule has 25 heavy (non-hydrogen) atoms. The minimum absolute atomic E-state index is 0.0935. The second-order valence-corrected chi connectivity index (χ2v) is 6.22. The number of thiazole rings is 1. The molecule has 0 spiro atoms. The first-order chi connectivity index (χ1) is 12.1. The molecule has 0 radical (unpaired) electrons. The van der Waals surface area contributed by atoms with E-state index in [2.05, 4.69) is 4.98 Å². The molecule has 0 saturated carbocycles. The van der Waals surface area contributed by atoms with E-state index in [4.69, 9.17) is 9.47 Å². The third kappa shape index (κ3) is 3.74. The first-order valence-electron chi connectivity index (χ1n) is 7.42. The molecule has 0 fully saturated rings. The van der Waals surface area contributed by atoms with Gasteiger partial charge < -0.3 is 9.47 Å². The minimum Gasteiger partial charge on any atom is -0.490 e. The number of hydrogen-bond acceptors (Lipinski definition) is 7. The maximum atomic E-state index is 12.1. The summed E-state index contributed by atoms with van der Waals surface area (Å²) in [5, 5.41) is 11.9. The monoisotopic (exact) mass is 358 g/mol. The second kappa shape index (κ2) is 7.27. The van der Waals surface area contributed by atoms with Crippen LogP contribution in [0.1, 0.15) is 15.4 Å². The van der Waals surface area contributed by atoms with Gasteiger partial charge in [0.05, 0.1) is 39.4 Å². The summed E-state index contributed by atoms with van der Waals surface area (Å²) in [6.07, 6.45) is 0.489. The fraction of sp³-hybridized carbons (Fsp3) is 0.176. The molecule has 0 aliphatic heterocycles. The van der Waals surface area contributed by atoms with Gasteiger partial charge in [-0.15, -0.1) is 11.3 Å². The molecular formula is C17H14N2O5S. The lowest BCUT2D eigenvalue weighted by atomic mass is 10.2. The van der Waals surface area contributed by atoms with Crippen LogP contribution in [-0.2, 0) is 11.2 Å². The number of ether oxygens (including phenoxy) is 2. The summed E-state index contributed by atoms with van der Waals surface area (Å²) in [5.41, 5.74) is 0.750. The number of fused-ring (bicyclic) bond motifs is 1. The first-order valence-corrected chi connectivity index (χ1v) is 8.24. The van der Waals surface area contributed by atoms with Gasteiger partial charge in [0.15, 0.2) is 5.75 Å². The smallest absolute Gasteiger partial charge is 0.338 e. The first kappa shape index (κ1) is 16.8. The predicted octanol–water partition coefficient (Wildman–Crippen LogP) is 3.61. The van der Waals surface area contributed by atoms with E-state index < -0.39 is 10.9 Å². The molecule has 7 nitrogen and oxygen atoms in total. The molecule has 0 aliphatic carbocycles. The number of rotatable bonds is 6. The van der Waals surface area contributed by atoms with Crippen molar-refractivity contribution in [3.63, 3.8) is 0 Å². The zero-order chi connectivity index (χ0) is 17.8. The van der Waals surface area contributed by atoms with Gasteiger partial charge in [0, 0.05) is 12.5 Å². The second-order valence-electron chi connectivity index (χ2n) is 5.10. The molecule has 1 aromatic heterocycles. The van der Waals surface area contributed by atoms with Crippen LogP contribution in [-0.4, -0.2) is 29.6 Å². The van der Waals surface area contributed by atoms with Crippen molar-refractivity contribution in [3.05, 3.63) is 63.1 Å². The maximum Gasteiger partial charge on any atom is 0.338 e. The van der Waals surface area contributed by atoms with Crippen molar-refractivity contribution >= 4 is 33.2 Å². The summed E-state index contributed by atoms with van der Waals surface area (Å²) < 4.78 is 11.2. The Morgan fingerprint density at radius 3 is 2.80 bits per heavy atom. The highest BCUT2D eigenvalue weighted by atomic mass is 32.1. The molecule has 8 heteroatoms. The number of hydrogen-bond donors (Lipinski definition) is 0. The van der Waals surface area contributed by atoms with E-state index in [0.29, 0.717) is 6.42 Å². The summed E-state index contributed by atoms with van der Waals surface area (Å²) in [6.45, 7) is 0.151. The van der Waals surface area contributed by atoms with E-state index in [1.807, 2.05) is 24.3 Å². The van der Waals surface area contributed by atoms with Crippen molar-refractivity contribution in [3.8, 4) is 5.75 Å². The van der Waals surface area contributed by atoms with Crippen molar-refractivity contribution in [1.82, 2.24) is 4.98 Å².